The van der Waals surface area contributed by atoms with E-state index in [4.69, 9.17) is 14.2 Å². The van der Waals surface area contributed by atoms with E-state index in [0.717, 1.165) is 25.8 Å². The molecule has 7 nitrogen and oxygen atoms in total. The van der Waals surface area contributed by atoms with Gasteiger partial charge in [0.2, 0.25) is 6.29 Å². The average molecular weight is 340 g/mol. The first-order valence-electron chi connectivity index (χ1n) is 8.47. The van der Waals surface area contributed by atoms with E-state index in [2.05, 4.69) is 17.1 Å². The topological polar surface area (TPSA) is 77.1 Å². The molecular formula is C17H28N2O5. The lowest BCUT2D eigenvalue weighted by molar-refractivity contribution is -0.145. The van der Waals surface area contributed by atoms with Crippen LogP contribution in [0.4, 0.5) is 4.79 Å². The van der Waals surface area contributed by atoms with Gasteiger partial charge in [-0.1, -0.05) is 6.92 Å². The Morgan fingerprint density at radius 2 is 2.12 bits per heavy atom. The predicted molar refractivity (Wildman–Crippen MR) is 88.0 cm³/mol. The van der Waals surface area contributed by atoms with E-state index < -0.39 is 12.4 Å². The summed E-state index contributed by atoms with van der Waals surface area (Å²) in [6, 6.07) is 0. The van der Waals surface area contributed by atoms with Crippen LogP contribution in [0, 0.1) is 17.8 Å². The summed E-state index contributed by atoms with van der Waals surface area (Å²) in [6.45, 7) is 3.55. The van der Waals surface area contributed by atoms with Gasteiger partial charge < -0.3 is 24.4 Å². The fourth-order valence-corrected chi connectivity index (χ4v) is 3.52. The van der Waals surface area contributed by atoms with Gasteiger partial charge >= 0.3 is 12.1 Å². The van der Waals surface area contributed by atoms with Gasteiger partial charge in [-0.3, -0.25) is 0 Å². The van der Waals surface area contributed by atoms with Gasteiger partial charge in [0.05, 0.1) is 18.9 Å². The molecule has 0 aromatic carbocycles. The summed E-state index contributed by atoms with van der Waals surface area (Å²) in [5.41, 5.74) is 0.540. The first kappa shape index (κ1) is 18.6. The Labute approximate surface area is 143 Å². The molecule has 0 radical (unpaired) electrons. The third-order valence-electron chi connectivity index (χ3n) is 4.79. The number of alkyl carbamates (subject to hydrolysis) is 1. The molecule has 0 saturated heterocycles. The Morgan fingerprint density at radius 3 is 2.79 bits per heavy atom. The van der Waals surface area contributed by atoms with E-state index in [0.29, 0.717) is 18.0 Å². The fourth-order valence-electron chi connectivity index (χ4n) is 3.52. The summed E-state index contributed by atoms with van der Waals surface area (Å²) < 4.78 is 15.8. The number of rotatable bonds is 6. The molecule has 1 amide bonds. The number of fused-ring (bicyclic) bond motifs is 1. The van der Waals surface area contributed by atoms with Crippen molar-refractivity contribution in [3.63, 3.8) is 0 Å². The van der Waals surface area contributed by atoms with Gasteiger partial charge in [0.25, 0.3) is 0 Å². The minimum atomic E-state index is -0.658. The number of hydrogen-bond donors (Lipinski definition) is 1. The lowest BCUT2D eigenvalue weighted by Crippen LogP contribution is -2.41. The van der Waals surface area contributed by atoms with Crippen molar-refractivity contribution in [2.24, 2.45) is 17.8 Å². The van der Waals surface area contributed by atoms with Crippen LogP contribution in [0.3, 0.4) is 0 Å². The first-order chi connectivity index (χ1) is 11.4. The molecule has 24 heavy (non-hydrogen) atoms. The number of ether oxygens (including phenoxy) is 3. The Morgan fingerprint density at radius 1 is 1.38 bits per heavy atom. The molecule has 1 N–H and O–H groups in total. The molecule has 4 unspecified atom stereocenters. The normalized spacial score (nSPS) is 28.6. The van der Waals surface area contributed by atoms with Crippen molar-refractivity contribution in [2.75, 3.05) is 34.3 Å². The minimum Gasteiger partial charge on any atom is -0.466 e. The quantitative estimate of drug-likeness (QED) is 0.586. The van der Waals surface area contributed by atoms with Crippen LogP contribution in [0.15, 0.2) is 11.8 Å². The van der Waals surface area contributed by atoms with Crippen molar-refractivity contribution in [3.05, 3.63) is 11.8 Å². The number of hydrogen-bond acceptors (Lipinski definition) is 6. The summed E-state index contributed by atoms with van der Waals surface area (Å²) in [5.74, 6) is -0.0510. The van der Waals surface area contributed by atoms with Crippen LogP contribution in [0.25, 0.3) is 0 Å². The summed E-state index contributed by atoms with van der Waals surface area (Å²) >= 11 is 0. The zero-order valence-electron chi connectivity index (χ0n) is 14.9. The second-order valence-electron chi connectivity index (χ2n) is 6.80. The number of carbonyl (C=O) groups excluding carboxylic acids is 2. The number of esters is 1. The molecule has 0 aromatic rings. The molecule has 136 valence electrons. The second-order valence-corrected chi connectivity index (χ2v) is 6.80. The Bertz CT molecular complexity index is 491. The van der Waals surface area contributed by atoms with Crippen molar-refractivity contribution in [1.29, 1.82) is 0 Å². The van der Waals surface area contributed by atoms with Crippen molar-refractivity contribution in [3.8, 4) is 0 Å². The van der Waals surface area contributed by atoms with Gasteiger partial charge in [-0.2, -0.15) is 0 Å². The van der Waals surface area contributed by atoms with Gasteiger partial charge in [-0.15, -0.1) is 0 Å². The van der Waals surface area contributed by atoms with Crippen molar-refractivity contribution in [2.45, 2.75) is 32.5 Å². The number of amides is 1. The molecule has 1 aliphatic heterocycles. The Balaban J connectivity index is 1.92. The van der Waals surface area contributed by atoms with Gasteiger partial charge in [-0.25, -0.2) is 9.59 Å². The minimum absolute atomic E-state index is 0.0170. The summed E-state index contributed by atoms with van der Waals surface area (Å²) in [4.78, 5) is 25.9. The molecule has 1 saturated carbocycles. The summed E-state index contributed by atoms with van der Waals surface area (Å²) in [6.07, 6.45) is 2.95. The van der Waals surface area contributed by atoms with Crippen molar-refractivity contribution < 1.29 is 23.8 Å². The molecule has 0 aromatic heterocycles. The van der Waals surface area contributed by atoms with Gasteiger partial charge in [-0.05, 0) is 45.8 Å². The predicted octanol–water partition coefficient (Wildman–Crippen LogP) is 1.74. The van der Waals surface area contributed by atoms with E-state index in [1.807, 2.05) is 14.1 Å². The molecule has 2 rings (SSSR count). The highest BCUT2D eigenvalue weighted by atomic mass is 16.7. The van der Waals surface area contributed by atoms with Crippen LogP contribution in [-0.2, 0) is 19.0 Å². The van der Waals surface area contributed by atoms with Crippen LogP contribution < -0.4 is 5.32 Å². The zero-order chi connectivity index (χ0) is 17.7. The highest BCUT2D eigenvalue weighted by Crippen LogP contribution is 2.46. The van der Waals surface area contributed by atoms with E-state index >= 15 is 0 Å². The van der Waals surface area contributed by atoms with E-state index in [1.54, 1.807) is 0 Å². The monoisotopic (exact) mass is 340 g/mol. The van der Waals surface area contributed by atoms with Gasteiger partial charge in [0.15, 0.2) is 0 Å². The van der Waals surface area contributed by atoms with Gasteiger partial charge in [0, 0.05) is 18.4 Å². The molecular weight excluding hydrogens is 312 g/mol. The number of carbonyl (C=O) groups is 2. The van der Waals surface area contributed by atoms with Crippen LogP contribution in [0.2, 0.25) is 0 Å². The van der Waals surface area contributed by atoms with Crippen LogP contribution in [-0.4, -0.2) is 57.5 Å². The lowest BCUT2D eigenvalue weighted by atomic mass is 9.83. The molecule has 7 heteroatoms. The summed E-state index contributed by atoms with van der Waals surface area (Å²) in [5, 5.41) is 2.75. The van der Waals surface area contributed by atoms with Crippen LogP contribution >= 0.6 is 0 Å². The number of methoxy groups -OCH3 is 1. The highest BCUT2D eigenvalue weighted by molar-refractivity contribution is 5.89. The highest BCUT2D eigenvalue weighted by Gasteiger charge is 2.47. The zero-order valence-corrected chi connectivity index (χ0v) is 14.9. The van der Waals surface area contributed by atoms with Crippen LogP contribution in [0.5, 0.6) is 0 Å². The van der Waals surface area contributed by atoms with Crippen molar-refractivity contribution >= 4 is 12.1 Å². The maximum absolute atomic E-state index is 12.0. The average Bonchev–Trinajstić information content (AvgIpc) is 2.93. The SMILES string of the molecule is COC(=O)C1=COC(OC(=O)NCCCN(C)C)C2C(C)CCC12. The fraction of sp³-hybridized carbons (Fsp3) is 0.765. The molecule has 1 aliphatic carbocycles. The second kappa shape index (κ2) is 8.37. The van der Waals surface area contributed by atoms with E-state index in [-0.39, 0.29) is 17.8 Å². The maximum atomic E-state index is 12.0. The number of nitrogens with zero attached hydrogens (tertiary/aromatic N) is 1. The Hall–Kier alpha value is -1.76. The van der Waals surface area contributed by atoms with E-state index in [9.17, 15) is 9.59 Å². The first-order valence-corrected chi connectivity index (χ1v) is 8.47. The smallest absolute Gasteiger partial charge is 0.410 e. The molecule has 0 bridgehead atoms. The van der Waals surface area contributed by atoms with Gasteiger partial charge in [0.1, 0.15) is 0 Å². The molecule has 0 spiro atoms. The van der Waals surface area contributed by atoms with E-state index in [1.165, 1.54) is 13.4 Å². The largest absolute Gasteiger partial charge is 0.466 e. The third kappa shape index (κ3) is 4.41. The number of nitrogens with one attached hydrogen (secondary N) is 1. The summed E-state index contributed by atoms with van der Waals surface area (Å²) in [7, 11) is 5.34. The maximum Gasteiger partial charge on any atom is 0.410 e. The molecule has 1 fully saturated rings. The molecule has 2 aliphatic rings. The lowest BCUT2D eigenvalue weighted by Gasteiger charge is -2.34. The van der Waals surface area contributed by atoms with Crippen LogP contribution in [0.1, 0.15) is 26.2 Å². The Kier molecular flexibility index (Phi) is 6.48. The molecule has 1 heterocycles. The standard InChI is InChI=1S/C17H28N2O5/c1-11-6-7-12-13(15(20)22-4)10-23-16(14(11)12)24-17(21)18-8-5-9-19(2)3/h10-12,14,16H,5-9H2,1-4H3,(H,18,21). The molecule has 4 atom stereocenters. The van der Waals surface area contributed by atoms with Crippen molar-refractivity contribution in [1.82, 2.24) is 10.2 Å². The third-order valence-corrected chi connectivity index (χ3v) is 4.79.